The van der Waals surface area contributed by atoms with Crippen LogP contribution < -0.4 is 5.32 Å². The average Bonchev–Trinajstić information content (AvgIpc) is 3.32. The summed E-state index contributed by atoms with van der Waals surface area (Å²) in [4.78, 5) is 15.0. The number of para-hydroxylation sites is 1. The molecule has 1 aromatic carbocycles. The van der Waals surface area contributed by atoms with Crippen LogP contribution in [-0.2, 0) is 9.47 Å². The molecule has 0 unspecified atom stereocenters. The molecule has 2 aromatic rings. The van der Waals surface area contributed by atoms with Crippen LogP contribution in [0.25, 0.3) is 11.0 Å². The predicted octanol–water partition coefficient (Wildman–Crippen LogP) is 1.90. The first-order valence-corrected chi connectivity index (χ1v) is 8.97. The number of ether oxygens (including phenoxy) is 2. The molecule has 0 saturated carbocycles. The standard InChI is InChI=1S/C19H24N2O4/c22-19(18-11-14-3-1-2-4-17(14)25-18)20-12-16(15-5-8-24-13-15)21-6-9-23-10-7-21/h1-4,11,15-16H,5-10,12-13H2,(H,20,22)/t15-,16+/m0/s1. The molecule has 2 saturated heterocycles. The summed E-state index contributed by atoms with van der Waals surface area (Å²) in [5, 5.41) is 4.01. The minimum Gasteiger partial charge on any atom is -0.451 e. The molecule has 25 heavy (non-hydrogen) atoms. The molecule has 4 rings (SSSR count). The number of hydrogen-bond acceptors (Lipinski definition) is 5. The summed E-state index contributed by atoms with van der Waals surface area (Å²) in [6, 6.07) is 9.74. The van der Waals surface area contributed by atoms with E-state index in [-0.39, 0.29) is 11.9 Å². The maximum Gasteiger partial charge on any atom is 0.287 e. The highest BCUT2D eigenvalue weighted by Crippen LogP contribution is 2.22. The maximum absolute atomic E-state index is 12.5. The highest BCUT2D eigenvalue weighted by atomic mass is 16.5. The molecule has 0 bridgehead atoms. The van der Waals surface area contributed by atoms with E-state index in [0.29, 0.717) is 18.2 Å². The Hall–Kier alpha value is -1.89. The molecule has 1 N–H and O–H groups in total. The molecule has 0 aliphatic carbocycles. The number of nitrogens with zero attached hydrogens (tertiary/aromatic N) is 1. The van der Waals surface area contributed by atoms with E-state index in [9.17, 15) is 4.79 Å². The zero-order valence-electron chi connectivity index (χ0n) is 14.3. The second kappa shape index (κ2) is 7.56. The topological polar surface area (TPSA) is 63.9 Å². The van der Waals surface area contributed by atoms with Crippen LogP contribution in [0.1, 0.15) is 17.0 Å². The largest absolute Gasteiger partial charge is 0.451 e. The Kier molecular flexibility index (Phi) is 5.01. The van der Waals surface area contributed by atoms with Crippen molar-refractivity contribution in [1.82, 2.24) is 10.2 Å². The van der Waals surface area contributed by atoms with E-state index in [0.717, 1.165) is 56.9 Å². The molecular weight excluding hydrogens is 320 g/mol. The fourth-order valence-corrected chi connectivity index (χ4v) is 3.74. The van der Waals surface area contributed by atoms with Gasteiger partial charge in [0.15, 0.2) is 5.76 Å². The number of fused-ring (bicyclic) bond motifs is 1. The number of carbonyl (C=O) groups is 1. The van der Waals surface area contributed by atoms with Gasteiger partial charge in [-0.2, -0.15) is 0 Å². The van der Waals surface area contributed by atoms with Crippen molar-refractivity contribution in [3.8, 4) is 0 Å². The summed E-state index contributed by atoms with van der Waals surface area (Å²) in [7, 11) is 0. The lowest BCUT2D eigenvalue weighted by atomic mass is 9.97. The van der Waals surface area contributed by atoms with Gasteiger partial charge in [-0.1, -0.05) is 18.2 Å². The van der Waals surface area contributed by atoms with Crippen molar-refractivity contribution in [2.45, 2.75) is 12.5 Å². The van der Waals surface area contributed by atoms with Crippen LogP contribution in [0.4, 0.5) is 0 Å². The first kappa shape index (κ1) is 16.6. The van der Waals surface area contributed by atoms with Gasteiger partial charge in [0.05, 0.1) is 19.8 Å². The van der Waals surface area contributed by atoms with E-state index in [4.69, 9.17) is 13.9 Å². The first-order valence-electron chi connectivity index (χ1n) is 8.97. The Morgan fingerprint density at radius 3 is 2.80 bits per heavy atom. The van der Waals surface area contributed by atoms with E-state index in [2.05, 4.69) is 10.2 Å². The van der Waals surface area contributed by atoms with Gasteiger partial charge in [-0.3, -0.25) is 9.69 Å². The fourth-order valence-electron chi connectivity index (χ4n) is 3.74. The Morgan fingerprint density at radius 1 is 1.20 bits per heavy atom. The van der Waals surface area contributed by atoms with E-state index in [1.54, 1.807) is 6.07 Å². The molecule has 2 atom stereocenters. The molecule has 6 nitrogen and oxygen atoms in total. The van der Waals surface area contributed by atoms with Gasteiger partial charge in [0.1, 0.15) is 5.58 Å². The number of benzene rings is 1. The van der Waals surface area contributed by atoms with Crippen LogP contribution in [0.2, 0.25) is 0 Å². The minimum absolute atomic E-state index is 0.159. The van der Waals surface area contributed by atoms with Gasteiger partial charge < -0.3 is 19.2 Å². The molecule has 134 valence electrons. The molecule has 3 heterocycles. The van der Waals surface area contributed by atoms with Gasteiger partial charge in [-0.15, -0.1) is 0 Å². The van der Waals surface area contributed by atoms with Crippen LogP contribution in [0.15, 0.2) is 34.7 Å². The molecule has 6 heteroatoms. The van der Waals surface area contributed by atoms with Crippen LogP contribution in [0, 0.1) is 5.92 Å². The van der Waals surface area contributed by atoms with Gasteiger partial charge in [-0.05, 0) is 18.6 Å². The molecule has 1 amide bonds. The normalized spacial score (nSPS) is 23.0. The third-order valence-electron chi connectivity index (χ3n) is 5.14. The van der Waals surface area contributed by atoms with Crippen molar-refractivity contribution in [3.63, 3.8) is 0 Å². The average molecular weight is 344 g/mol. The Morgan fingerprint density at radius 2 is 2.04 bits per heavy atom. The van der Waals surface area contributed by atoms with Crippen LogP contribution in [-0.4, -0.2) is 62.9 Å². The van der Waals surface area contributed by atoms with Crippen molar-refractivity contribution in [2.75, 3.05) is 46.1 Å². The Labute approximate surface area is 147 Å². The summed E-state index contributed by atoms with van der Waals surface area (Å²) in [5.74, 6) is 0.659. The van der Waals surface area contributed by atoms with E-state index >= 15 is 0 Å². The lowest BCUT2D eigenvalue weighted by Gasteiger charge is -2.37. The number of nitrogens with one attached hydrogen (secondary N) is 1. The SMILES string of the molecule is O=C(NC[C@H]([C@H]1CCOC1)N1CCOCC1)c1cc2ccccc2o1. The third kappa shape index (κ3) is 3.71. The van der Waals surface area contributed by atoms with Crippen molar-refractivity contribution in [3.05, 3.63) is 36.1 Å². The van der Waals surface area contributed by atoms with Gasteiger partial charge in [0.2, 0.25) is 0 Å². The monoisotopic (exact) mass is 344 g/mol. The van der Waals surface area contributed by atoms with Gasteiger partial charge in [0.25, 0.3) is 5.91 Å². The van der Waals surface area contributed by atoms with E-state index < -0.39 is 0 Å². The van der Waals surface area contributed by atoms with Crippen LogP contribution in [0.5, 0.6) is 0 Å². The number of morpholine rings is 1. The van der Waals surface area contributed by atoms with Crippen molar-refractivity contribution >= 4 is 16.9 Å². The number of amides is 1. The zero-order chi connectivity index (χ0) is 17.1. The molecular formula is C19H24N2O4. The summed E-state index contributed by atoms with van der Waals surface area (Å²) in [6.45, 7) is 5.49. The smallest absolute Gasteiger partial charge is 0.287 e. The van der Waals surface area contributed by atoms with Crippen molar-refractivity contribution in [1.29, 1.82) is 0 Å². The Balaban J connectivity index is 1.43. The summed E-state index contributed by atoms with van der Waals surface area (Å²) in [6.07, 6.45) is 1.04. The number of hydrogen-bond donors (Lipinski definition) is 1. The highest BCUT2D eigenvalue weighted by molar-refractivity contribution is 5.96. The second-order valence-corrected chi connectivity index (χ2v) is 6.70. The molecule has 2 aliphatic rings. The van der Waals surface area contributed by atoms with E-state index in [1.165, 1.54) is 0 Å². The molecule has 2 aliphatic heterocycles. The summed E-state index contributed by atoms with van der Waals surface area (Å²) >= 11 is 0. The molecule has 0 radical (unpaired) electrons. The lowest BCUT2D eigenvalue weighted by Crippen LogP contribution is -2.52. The van der Waals surface area contributed by atoms with Gasteiger partial charge >= 0.3 is 0 Å². The zero-order valence-corrected chi connectivity index (χ0v) is 14.3. The maximum atomic E-state index is 12.5. The first-order chi connectivity index (χ1) is 12.3. The lowest BCUT2D eigenvalue weighted by molar-refractivity contribution is 0.00160. The second-order valence-electron chi connectivity index (χ2n) is 6.70. The van der Waals surface area contributed by atoms with Crippen molar-refractivity contribution in [2.24, 2.45) is 5.92 Å². The Bertz CT molecular complexity index is 684. The fraction of sp³-hybridized carbons (Fsp3) is 0.526. The molecule has 0 spiro atoms. The van der Waals surface area contributed by atoms with Crippen LogP contribution >= 0.6 is 0 Å². The number of carbonyl (C=O) groups excluding carboxylic acids is 1. The predicted molar refractivity (Wildman–Crippen MR) is 93.7 cm³/mol. The quantitative estimate of drug-likeness (QED) is 0.897. The van der Waals surface area contributed by atoms with Gasteiger partial charge in [-0.25, -0.2) is 0 Å². The summed E-state index contributed by atoms with van der Waals surface area (Å²) in [5.41, 5.74) is 0.738. The minimum atomic E-state index is -0.159. The summed E-state index contributed by atoms with van der Waals surface area (Å²) < 4.78 is 16.7. The molecule has 1 aromatic heterocycles. The van der Waals surface area contributed by atoms with Crippen LogP contribution in [0.3, 0.4) is 0 Å². The van der Waals surface area contributed by atoms with Gasteiger partial charge in [0, 0.05) is 43.6 Å². The number of rotatable bonds is 5. The molecule has 2 fully saturated rings. The number of furan rings is 1. The third-order valence-corrected chi connectivity index (χ3v) is 5.14. The van der Waals surface area contributed by atoms with E-state index in [1.807, 2.05) is 24.3 Å². The highest BCUT2D eigenvalue weighted by Gasteiger charge is 2.32. The van der Waals surface area contributed by atoms with Crippen molar-refractivity contribution < 1.29 is 18.7 Å².